The lowest BCUT2D eigenvalue weighted by atomic mass is 9.91. The molecule has 0 spiro atoms. The van der Waals surface area contributed by atoms with Gasteiger partial charge in [0.05, 0.1) is 5.69 Å². The Morgan fingerprint density at radius 1 is 0.633 bits per heavy atom. The van der Waals surface area contributed by atoms with Crippen molar-refractivity contribution in [3.05, 3.63) is 90.6 Å². The fourth-order valence-electron chi connectivity index (χ4n) is 5.01. The first kappa shape index (κ1) is 16.3. The van der Waals surface area contributed by atoms with Gasteiger partial charge in [0, 0.05) is 37.3 Å². The summed E-state index contributed by atoms with van der Waals surface area (Å²) in [6.45, 7) is 2.13. The number of rotatable bonds is 1. The molecule has 0 bridgehead atoms. The smallest absolute Gasteiger partial charge is 0.0719 e. The molecule has 2 aromatic heterocycles. The molecular formula is C28H17NS. The molecule has 0 aliphatic carbocycles. The van der Waals surface area contributed by atoms with Gasteiger partial charge in [-0.05, 0) is 51.6 Å². The van der Waals surface area contributed by atoms with Crippen molar-refractivity contribution in [1.82, 2.24) is 4.98 Å². The number of thiophene rings is 1. The number of hydrogen-bond donors (Lipinski definition) is 0. The van der Waals surface area contributed by atoms with Crippen molar-refractivity contribution in [2.24, 2.45) is 0 Å². The number of aryl methyl sites for hydroxylation is 1. The zero-order chi connectivity index (χ0) is 19.8. The number of fused-ring (bicyclic) bond motifs is 5. The SMILES string of the molecule is Cc1ccnc(-c2cccc3c2sc2c4cccc5ccc6cccc(c32)c6c54)c1. The summed E-state index contributed by atoms with van der Waals surface area (Å²) in [4.78, 5) is 4.69. The van der Waals surface area contributed by atoms with E-state index in [0.29, 0.717) is 0 Å². The van der Waals surface area contributed by atoms with E-state index in [2.05, 4.69) is 90.8 Å². The lowest BCUT2D eigenvalue weighted by molar-refractivity contribution is 1.29. The van der Waals surface area contributed by atoms with Crippen LogP contribution in [0.2, 0.25) is 0 Å². The van der Waals surface area contributed by atoms with Crippen LogP contribution >= 0.6 is 11.3 Å². The molecule has 0 amide bonds. The normalized spacial score (nSPS) is 12.2. The molecule has 0 aliphatic rings. The molecule has 0 radical (unpaired) electrons. The molecule has 0 fully saturated rings. The quantitative estimate of drug-likeness (QED) is 0.253. The summed E-state index contributed by atoms with van der Waals surface area (Å²) in [5.74, 6) is 0. The first-order chi connectivity index (χ1) is 14.8. The molecule has 0 saturated heterocycles. The monoisotopic (exact) mass is 399 g/mol. The molecule has 30 heavy (non-hydrogen) atoms. The van der Waals surface area contributed by atoms with E-state index >= 15 is 0 Å². The van der Waals surface area contributed by atoms with Crippen LogP contribution in [-0.2, 0) is 0 Å². The maximum atomic E-state index is 4.69. The van der Waals surface area contributed by atoms with Crippen LogP contribution in [0.25, 0.3) is 63.7 Å². The molecule has 1 nitrogen and oxygen atoms in total. The van der Waals surface area contributed by atoms with Crippen LogP contribution in [0, 0.1) is 6.92 Å². The summed E-state index contributed by atoms with van der Waals surface area (Å²) < 4.78 is 2.70. The van der Waals surface area contributed by atoms with Gasteiger partial charge in [0.1, 0.15) is 0 Å². The van der Waals surface area contributed by atoms with Gasteiger partial charge >= 0.3 is 0 Å². The van der Waals surface area contributed by atoms with Crippen LogP contribution < -0.4 is 0 Å². The van der Waals surface area contributed by atoms with Crippen molar-refractivity contribution in [3.8, 4) is 11.3 Å². The lowest BCUT2D eigenvalue weighted by Crippen LogP contribution is -1.85. The van der Waals surface area contributed by atoms with Gasteiger partial charge in [-0.1, -0.05) is 66.7 Å². The minimum atomic E-state index is 1.05. The van der Waals surface area contributed by atoms with Crippen molar-refractivity contribution >= 4 is 63.8 Å². The van der Waals surface area contributed by atoms with Gasteiger partial charge in [-0.3, -0.25) is 4.98 Å². The average Bonchev–Trinajstić information content (AvgIpc) is 3.18. The maximum Gasteiger partial charge on any atom is 0.0719 e. The van der Waals surface area contributed by atoms with E-state index in [1.54, 1.807) is 0 Å². The molecule has 0 unspecified atom stereocenters. The highest BCUT2D eigenvalue weighted by Crippen LogP contribution is 2.48. The van der Waals surface area contributed by atoms with Gasteiger partial charge in [0.25, 0.3) is 0 Å². The van der Waals surface area contributed by atoms with Crippen molar-refractivity contribution in [2.75, 3.05) is 0 Å². The molecule has 2 heteroatoms. The minimum Gasteiger partial charge on any atom is -0.256 e. The highest BCUT2D eigenvalue weighted by molar-refractivity contribution is 7.27. The van der Waals surface area contributed by atoms with E-state index in [1.807, 2.05) is 17.5 Å². The summed E-state index contributed by atoms with van der Waals surface area (Å²) in [5.41, 5.74) is 3.51. The van der Waals surface area contributed by atoms with Crippen LogP contribution in [0.15, 0.2) is 85.1 Å². The van der Waals surface area contributed by atoms with Crippen molar-refractivity contribution in [3.63, 3.8) is 0 Å². The summed E-state index contributed by atoms with van der Waals surface area (Å²) in [6.07, 6.45) is 1.91. The Kier molecular flexibility index (Phi) is 3.14. The molecule has 0 saturated carbocycles. The van der Waals surface area contributed by atoms with Gasteiger partial charge < -0.3 is 0 Å². The van der Waals surface area contributed by atoms with Crippen LogP contribution in [0.5, 0.6) is 0 Å². The minimum absolute atomic E-state index is 1.05. The second-order valence-corrected chi connectivity index (χ2v) is 9.10. The van der Waals surface area contributed by atoms with Gasteiger partial charge in [-0.2, -0.15) is 0 Å². The molecular weight excluding hydrogens is 382 g/mol. The van der Waals surface area contributed by atoms with Gasteiger partial charge in [0.2, 0.25) is 0 Å². The molecule has 0 atom stereocenters. The zero-order valence-corrected chi connectivity index (χ0v) is 17.3. The number of pyridine rings is 1. The third-order valence-electron chi connectivity index (χ3n) is 6.31. The maximum absolute atomic E-state index is 4.69. The standard InChI is InChI=1S/C28H17NS/c1-16-13-14-29-23(15-16)19-7-4-10-22-26-20-8-2-5-17-11-12-18-6-3-9-21(25(18)24(17)20)28(26)30-27(19)22/h2-15H,1H3. The fraction of sp³-hybridized carbons (Fsp3) is 0.0357. The first-order valence-electron chi connectivity index (χ1n) is 10.2. The predicted octanol–water partition coefficient (Wildman–Crippen LogP) is 8.32. The predicted molar refractivity (Wildman–Crippen MR) is 131 cm³/mol. The average molecular weight is 400 g/mol. The summed E-state index contributed by atoms with van der Waals surface area (Å²) in [5, 5.41) is 10.8. The number of aromatic nitrogens is 1. The zero-order valence-electron chi connectivity index (χ0n) is 16.4. The third-order valence-corrected chi connectivity index (χ3v) is 7.58. The fourth-order valence-corrected chi connectivity index (χ4v) is 6.38. The molecule has 7 aromatic rings. The molecule has 0 aliphatic heterocycles. The summed E-state index contributed by atoms with van der Waals surface area (Å²) in [6, 6.07) is 28.8. The van der Waals surface area contributed by atoms with Gasteiger partial charge in [-0.15, -0.1) is 11.3 Å². The summed E-state index contributed by atoms with van der Waals surface area (Å²) in [7, 11) is 0. The van der Waals surface area contributed by atoms with E-state index in [-0.39, 0.29) is 0 Å². The van der Waals surface area contributed by atoms with Crippen molar-refractivity contribution in [2.45, 2.75) is 6.92 Å². The Labute approximate surface area is 177 Å². The molecule has 2 heterocycles. The van der Waals surface area contributed by atoms with Crippen LogP contribution in [0.3, 0.4) is 0 Å². The van der Waals surface area contributed by atoms with Crippen LogP contribution in [-0.4, -0.2) is 4.98 Å². The molecule has 140 valence electrons. The Balaban J connectivity index is 1.77. The van der Waals surface area contributed by atoms with Crippen molar-refractivity contribution < 1.29 is 0 Å². The second kappa shape index (κ2) is 5.78. The number of benzene rings is 5. The number of nitrogens with zero attached hydrogens (tertiary/aromatic N) is 1. The summed E-state index contributed by atoms with van der Waals surface area (Å²) >= 11 is 1.91. The van der Waals surface area contributed by atoms with Gasteiger partial charge in [0.15, 0.2) is 0 Å². The molecule has 7 rings (SSSR count). The number of hydrogen-bond acceptors (Lipinski definition) is 2. The van der Waals surface area contributed by atoms with E-state index in [1.165, 1.54) is 63.6 Å². The Bertz CT molecular complexity index is 1760. The Morgan fingerprint density at radius 3 is 2.07 bits per heavy atom. The van der Waals surface area contributed by atoms with E-state index in [9.17, 15) is 0 Å². The lowest BCUT2D eigenvalue weighted by Gasteiger charge is -2.12. The Morgan fingerprint density at radius 2 is 1.30 bits per heavy atom. The largest absolute Gasteiger partial charge is 0.256 e. The van der Waals surface area contributed by atoms with Crippen LogP contribution in [0.4, 0.5) is 0 Å². The highest BCUT2D eigenvalue weighted by Gasteiger charge is 2.18. The first-order valence-corrected chi connectivity index (χ1v) is 11.0. The van der Waals surface area contributed by atoms with E-state index < -0.39 is 0 Å². The van der Waals surface area contributed by atoms with Crippen molar-refractivity contribution in [1.29, 1.82) is 0 Å². The van der Waals surface area contributed by atoms with Crippen LogP contribution in [0.1, 0.15) is 5.56 Å². The van der Waals surface area contributed by atoms with E-state index in [0.717, 1.165) is 5.69 Å². The van der Waals surface area contributed by atoms with E-state index in [4.69, 9.17) is 0 Å². The highest BCUT2D eigenvalue weighted by atomic mass is 32.1. The molecule has 0 N–H and O–H groups in total. The van der Waals surface area contributed by atoms with Gasteiger partial charge in [-0.25, -0.2) is 0 Å². The molecule has 5 aromatic carbocycles. The Hall–Kier alpha value is -3.49. The second-order valence-electron chi connectivity index (χ2n) is 8.08. The topological polar surface area (TPSA) is 12.9 Å². The third kappa shape index (κ3) is 2.04.